The Morgan fingerprint density at radius 2 is 1.76 bits per heavy atom. The summed E-state index contributed by atoms with van der Waals surface area (Å²) in [5, 5.41) is -1.07. The first kappa shape index (κ1) is 16.4. The Balaban J connectivity index is 4.47. The highest BCUT2D eigenvalue weighted by Crippen LogP contribution is 2.13. The molecule has 0 radical (unpaired) electrons. The predicted molar refractivity (Wildman–Crippen MR) is 68.6 cm³/mol. The van der Waals surface area contributed by atoms with Gasteiger partial charge in [-0.1, -0.05) is 19.8 Å². The number of carbonyl (C=O) groups is 1. The van der Waals surface area contributed by atoms with Gasteiger partial charge >= 0.3 is 5.97 Å². The maximum absolute atomic E-state index is 11.8. The average molecular weight is 264 g/mol. The summed E-state index contributed by atoms with van der Waals surface area (Å²) in [5.74, 6) is -0.602. The number of esters is 1. The maximum Gasteiger partial charge on any atom is 0.324 e. The third-order valence-electron chi connectivity index (χ3n) is 2.31. The normalized spacial score (nSPS) is 14.4. The molecule has 1 atom stereocenters. The van der Waals surface area contributed by atoms with Crippen LogP contribution in [0.3, 0.4) is 0 Å². The first-order chi connectivity index (χ1) is 7.60. The van der Waals surface area contributed by atoms with Crippen LogP contribution in [-0.4, -0.2) is 31.0 Å². The van der Waals surface area contributed by atoms with E-state index < -0.39 is 26.7 Å². The summed E-state index contributed by atoms with van der Waals surface area (Å²) in [6.07, 6.45) is 2.42. The zero-order valence-electron chi connectivity index (χ0n) is 11.4. The highest BCUT2D eigenvalue weighted by Gasteiger charge is 2.31. The SMILES string of the molecule is CCCCCS(=O)(=O)C(C)C(=O)OC(C)(C)C. The third-order valence-corrected chi connectivity index (χ3v) is 4.44. The molecule has 1 unspecified atom stereocenters. The Morgan fingerprint density at radius 1 is 1.24 bits per heavy atom. The lowest BCUT2D eigenvalue weighted by molar-refractivity contribution is -0.153. The number of hydrogen-bond donors (Lipinski definition) is 0. The van der Waals surface area contributed by atoms with Gasteiger partial charge < -0.3 is 4.74 Å². The van der Waals surface area contributed by atoms with E-state index in [2.05, 4.69) is 0 Å². The Bertz CT molecular complexity index is 338. The standard InChI is InChI=1S/C12H24O4S/c1-6-7-8-9-17(14,15)10(2)11(13)16-12(3,4)5/h10H,6-9H2,1-5H3. The maximum atomic E-state index is 11.8. The van der Waals surface area contributed by atoms with Crippen molar-refractivity contribution in [1.29, 1.82) is 0 Å². The van der Waals surface area contributed by atoms with Crippen LogP contribution in [-0.2, 0) is 19.4 Å². The predicted octanol–water partition coefficient (Wildman–Crippen LogP) is 2.32. The van der Waals surface area contributed by atoms with E-state index >= 15 is 0 Å². The Morgan fingerprint density at radius 3 is 2.18 bits per heavy atom. The minimum Gasteiger partial charge on any atom is -0.459 e. The second-order valence-corrected chi connectivity index (χ2v) is 7.69. The molecule has 0 aromatic rings. The molecule has 0 rings (SSSR count). The molecule has 0 amide bonds. The van der Waals surface area contributed by atoms with E-state index in [0.717, 1.165) is 12.8 Å². The van der Waals surface area contributed by atoms with Crippen LogP contribution in [0.5, 0.6) is 0 Å². The van der Waals surface area contributed by atoms with E-state index in [-0.39, 0.29) is 5.75 Å². The molecule has 0 N–H and O–H groups in total. The molecule has 0 aliphatic carbocycles. The number of rotatable bonds is 6. The molecule has 5 heteroatoms. The van der Waals surface area contributed by atoms with Crippen molar-refractivity contribution >= 4 is 15.8 Å². The van der Waals surface area contributed by atoms with Gasteiger partial charge in [0.25, 0.3) is 0 Å². The van der Waals surface area contributed by atoms with Crippen LogP contribution in [0.15, 0.2) is 0 Å². The van der Waals surface area contributed by atoms with Crippen LogP contribution >= 0.6 is 0 Å². The molecule has 0 aliphatic rings. The highest BCUT2D eigenvalue weighted by molar-refractivity contribution is 7.92. The summed E-state index contributed by atoms with van der Waals surface area (Å²) >= 11 is 0. The molecule has 0 bridgehead atoms. The fourth-order valence-corrected chi connectivity index (χ4v) is 2.56. The van der Waals surface area contributed by atoms with E-state index in [1.54, 1.807) is 20.8 Å². The molecule has 0 spiro atoms. The van der Waals surface area contributed by atoms with Gasteiger partial charge in [-0.05, 0) is 34.1 Å². The summed E-state index contributed by atoms with van der Waals surface area (Å²) in [6, 6.07) is 0. The largest absolute Gasteiger partial charge is 0.459 e. The number of ether oxygens (including phenoxy) is 1. The average Bonchev–Trinajstić information content (AvgIpc) is 2.14. The first-order valence-corrected chi connectivity index (χ1v) is 7.76. The molecular formula is C12H24O4S. The summed E-state index contributed by atoms with van der Waals surface area (Å²) in [5.41, 5.74) is -0.649. The second-order valence-electron chi connectivity index (χ2n) is 5.25. The molecule has 0 fully saturated rings. The van der Waals surface area contributed by atoms with Crippen LogP contribution in [0.1, 0.15) is 53.9 Å². The van der Waals surface area contributed by atoms with Crippen molar-refractivity contribution in [3.05, 3.63) is 0 Å². The number of sulfone groups is 1. The lowest BCUT2D eigenvalue weighted by Crippen LogP contribution is -2.36. The lowest BCUT2D eigenvalue weighted by atomic mass is 10.2. The van der Waals surface area contributed by atoms with Crippen LogP contribution < -0.4 is 0 Å². The molecule has 102 valence electrons. The van der Waals surface area contributed by atoms with Crippen molar-refractivity contribution in [2.45, 2.75) is 64.7 Å². The summed E-state index contributed by atoms with van der Waals surface area (Å²) in [4.78, 5) is 11.6. The van der Waals surface area contributed by atoms with Crippen molar-refractivity contribution in [3.8, 4) is 0 Å². The van der Waals surface area contributed by atoms with Crippen molar-refractivity contribution in [1.82, 2.24) is 0 Å². The van der Waals surface area contributed by atoms with Gasteiger partial charge in [0.15, 0.2) is 15.1 Å². The number of hydrogen-bond acceptors (Lipinski definition) is 4. The molecule has 0 aromatic heterocycles. The van der Waals surface area contributed by atoms with E-state index in [0.29, 0.717) is 6.42 Å². The quantitative estimate of drug-likeness (QED) is 0.545. The van der Waals surface area contributed by atoms with E-state index in [4.69, 9.17) is 4.74 Å². The van der Waals surface area contributed by atoms with Gasteiger partial charge in [-0.3, -0.25) is 4.79 Å². The fourth-order valence-electron chi connectivity index (χ4n) is 1.26. The molecule has 0 saturated carbocycles. The van der Waals surface area contributed by atoms with Gasteiger partial charge in [-0.25, -0.2) is 8.42 Å². The molecular weight excluding hydrogens is 240 g/mol. The van der Waals surface area contributed by atoms with E-state index in [1.807, 2.05) is 6.92 Å². The van der Waals surface area contributed by atoms with E-state index in [1.165, 1.54) is 6.92 Å². The lowest BCUT2D eigenvalue weighted by Gasteiger charge is -2.22. The Labute approximate surface area is 105 Å². The number of unbranched alkanes of at least 4 members (excludes halogenated alkanes) is 2. The van der Waals surface area contributed by atoms with Gasteiger partial charge in [0.2, 0.25) is 0 Å². The number of carbonyl (C=O) groups excluding carboxylic acids is 1. The van der Waals surface area contributed by atoms with Crippen LogP contribution in [0, 0.1) is 0 Å². The zero-order valence-corrected chi connectivity index (χ0v) is 12.3. The highest BCUT2D eigenvalue weighted by atomic mass is 32.2. The van der Waals surface area contributed by atoms with Crippen molar-refractivity contribution in [2.24, 2.45) is 0 Å². The van der Waals surface area contributed by atoms with Crippen LogP contribution in [0.25, 0.3) is 0 Å². The summed E-state index contributed by atoms with van der Waals surface area (Å²) < 4.78 is 28.7. The molecule has 0 heterocycles. The van der Waals surface area contributed by atoms with Gasteiger partial charge in [-0.15, -0.1) is 0 Å². The Kier molecular flexibility index (Phi) is 6.16. The summed E-state index contributed by atoms with van der Waals surface area (Å²) in [6.45, 7) is 8.57. The molecule has 17 heavy (non-hydrogen) atoms. The third kappa shape index (κ3) is 6.66. The van der Waals surface area contributed by atoms with Crippen molar-refractivity contribution in [2.75, 3.05) is 5.75 Å². The van der Waals surface area contributed by atoms with Crippen molar-refractivity contribution < 1.29 is 17.9 Å². The molecule has 0 aromatic carbocycles. The molecule has 0 saturated heterocycles. The van der Waals surface area contributed by atoms with Gasteiger partial charge in [0.1, 0.15) is 5.60 Å². The Hall–Kier alpha value is -0.580. The van der Waals surface area contributed by atoms with Crippen LogP contribution in [0.4, 0.5) is 0 Å². The van der Waals surface area contributed by atoms with Gasteiger partial charge in [0, 0.05) is 0 Å². The monoisotopic (exact) mass is 264 g/mol. The van der Waals surface area contributed by atoms with E-state index in [9.17, 15) is 13.2 Å². The van der Waals surface area contributed by atoms with Gasteiger partial charge in [0.05, 0.1) is 5.75 Å². The second kappa shape index (κ2) is 6.38. The smallest absolute Gasteiger partial charge is 0.324 e. The van der Waals surface area contributed by atoms with Gasteiger partial charge in [-0.2, -0.15) is 0 Å². The molecule has 4 nitrogen and oxygen atoms in total. The summed E-state index contributed by atoms with van der Waals surface area (Å²) in [7, 11) is -3.38. The minimum absolute atomic E-state index is 0.0568. The first-order valence-electron chi connectivity index (χ1n) is 6.04. The zero-order chi connectivity index (χ0) is 13.7. The fraction of sp³-hybridized carbons (Fsp3) is 0.917. The van der Waals surface area contributed by atoms with Crippen LogP contribution in [0.2, 0.25) is 0 Å². The topological polar surface area (TPSA) is 60.4 Å². The molecule has 0 aliphatic heterocycles. The minimum atomic E-state index is -3.38. The van der Waals surface area contributed by atoms with Crippen molar-refractivity contribution in [3.63, 3.8) is 0 Å².